The van der Waals surface area contributed by atoms with Crippen LogP contribution in [-0.2, 0) is 10.9 Å². The van der Waals surface area contributed by atoms with Gasteiger partial charge in [0.2, 0.25) is 0 Å². The molecule has 0 saturated carbocycles. The van der Waals surface area contributed by atoms with Crippen molar-refractivity contribution in [1.29, 1.82) is 0 Å². The van der Waals surface area contributed by atoms with Gasteiger partial charge in [0.25, 0.3) is 5.91 Å². The monoisotopic (exact) mass is 484 g/mol. The highest BCUT2D eigenvalue weighted by Gasteiger charge is 2.30. The quantitative estimate of drug-likeness (QED) is 0.416. The van der Waals surface area contributed by atoms with Gasteiger partial charge in [-0.3, -0.25) is 4.79 Å². The van der Waals surface area contributed by atoms with E-state index < -0.39 is 11.7 Å². The third-order valence-electron chi connectivity index (χ3n) is 5.44. The van der Waals surface area contributed by atoms with Gasteiger partial charge in [-0.1, -0.05) is 18.2 Å². The van der Waals surface area contributed by atoms with E-state index in [4.69, 9.17) is 4.74 Å². The van der Waals surface area contributed by atoms with Crippen molar-refractivity contribution >= 4 is 39.0 Å². The number of halogens is 3. The van der Waals surface area contributed by atoms with E-state index in [9.17, 15) is 18.0 Å². The fourth-order valence-corrected chi connectivity index (χ4v) is 4.73. The van der Waals surface area contributed by atoms with Crippen LogP contribution >= 0.6 is 11.3 Å². The first-order chi connectivity index (χ1) is 16.4. The first kappa shape index (κ1) is 22.3. The molecule has 10 heteroatoms. The number of anilines is 2. The maximum atomic E-state index is 13.1. The first-order valence-corrected chi connectivity index (χ1v) is 11.4. The van der Waals surface area contributed by atoms with Crippen molar-refractivity contribution in [1.82, 2.24) is 9.97 Å². The first-order valence-electron chi connectivity index (χ1n) is 10.6. The van der Waals surface area contributed by atoms with E-state index in [0.717, 1.165) is 31.0 Å². The molecule has 1 N–H and O–H groups in total. The molecule has 174 valence electrons. The smallest absolute Gasteiger partial charge is 0.378 e. The molecule has 4 aromatic rings. The van der Waals surface area contributed by atoms with Crippen molar-refractivity contribution in [2.75, 3.05) is 36.5 Å². The van der Waals surface area contributed by atoms with Gasteiger partial charge in [-0.2, -0.15) is 13.2 Å². The lowest BCUT2D eigenvalue weighted by Gasteiger charge is -2.28. The van der Waals surface area contributed by atoms with E-state index in [1.807, 2.05) is 0 Å². The van der Waals surface area contributed by atoms with Crippen LogP contribution in [0.2, 0.25) is 0 Å². The number of aromatic nitrogens is 2. The van der Waals surface area contributed by atoms with Crippen LogP contribution in [0.4, 0.5) is 24.7 Å². The predicted molar refractivity (Wildman–Crippen MR) is 125 cm³/mol. The van der Waals surface area contributed by atoms with Crippen molar-refractivity contribution in [2.24, 2.45) is 0 Å². The molecule has 1 fully saturated rings. The number of amides is 1. The average molecular weight is 485 g/mol. The van der Waals surface area contributed by atoms with Gasteiger partial charge < -0.3 is 15.0 Å². The molecular formula is C24H19F3N4O2S. The van der Waals surface area contributed by atoms with E-state index >= 15 is 0 Å². The molecule has 34 heavy (non-hydrogen) atoms. The topological polar surface area (TPSA) is 67.4 Å². The molecule has 0 spiro atoms. The summed E-state index contributed by atoms with van der Waals surface area (Å²) < 4.78 is 45.5. The highest BCUT2D eigenvalue weighted by Crippen LogP contribution is 2.36. The number of thiazole rings is 1. The molecule has 1 aliphatic rings. The minimum atomic E-state index is -4.44. The van der Waals surface area contributed by atoms with Gasteiger partial charge in [0.15, 0.2) is 0 Å². The van der Waals surface area contributed by atoms with Crippen LogP contribution in [-0.4, -0.2) is 42.2 Å². The van der Waals surface area contributed by atoms with E-state index in [0.29, 0.717) is 45.3 Å². The van der Waals surface area contributed by atoms with Crippen LogP contribution in [0.1, 0.15) is 15.9 Å². The number of hydrogen-bond acceptors (Lipinski definition) is 6. The number of nitrogens with one attached hydrogen (secondary N) is 1. The van der Waals surface area contributed by atoms with Crippen molar-refractivity contribution in [3.63, 3.8) is 0 Å². The molecule has 3 heterocycles. The third kappa shape index (κ3) is 4.59. The lowest BCUT2D eigenvalue weighted by atomic mass is 10.1. The standard InChI is InChI=1S/C24H19F3N4O2S/c25-24(26,27)16-4-1-3-15(13-16)23-30-21-18(5-2-6-19(21)34-23)22(32)29-17-7-8-28-20(14-17)31-9-11-33-12-10-31/h1-8,13-14H,9-12H2,(H,28,29,32). The van der Waals surface area contributed by atoms with Crippen LogP contribution in [0.3, 0.4) is 0 Å². The summed E-state index contributed by atoms with van der Waals surface area (Å²) in [6.45, 7) is 2.69. The molecule has 6 nitrogen and oxygen atoms in total. The number of carbonyl (C=O) groups is 1. The van der Waals surface area contributed by atoms with Gasteiger partial charge in [-0.15, -0.1) is 11.3 Å². The Labute approximate surface area is 197 Å². The van der Waals surface area contributed by atoms with Crippen LogP contribution in [0.25, 0.3) is 20.8 Å². The Morgan fingerprint density at radius 2 is 1.85 bits per heavy atom. The third-order valence-corrected chi connectivity index (χ3v) is 6.51. The lowest BCUT2D eigenvalue weighted by molar-refractivity contribution is -0.137. The second-order valence-electron chi connectivity index (χ2n) is 7.71. The Bertz CT molecular complexity index is 1350. The highest BCUT2D eigenvalue weighted by molar-refractivity contribution is 7.21. The summed E-state index contributed by atoms with van der Waals surface area (Å²) in [5, 5.41) is 3.30. The van der Waals surface area contributed by atoms with Gasteiger partial charge >= 0.3 is 6.18 Å². The number of pyridine rings is 1. The molecule has 1 saturated heterocycles. The Morgan fingerprint density at radius 1 is 1.06 bits per heavy atom. The zero-order valence-electron chi connectivity index (χ0n) is 17.8. The Morgan fingerprint density at radius 3 is 2.65 bits per heavy atom. The number of fused-ring (bicyclic) bond motifs is 1. The summed E-state index contributed by atoms with van der Waals surface area (Å²) in [5.74, 6) is 0.394. The van der Waals surface area contributed by atoms with E-state index in [-0.39, 0.29) is 5.91 Å². The number of rotatable bonds is 4. The van der Waals surface area contributed by atoms with Crippen LogP contribution < -0.4 is 10.2 Å². The molecule has 0 aliphatic carbocycles. The summed E-state index contributed by atoms with van der Waals surface area (Å²) in [5.41, 5.74) is 0.992. The van der Waals surface area contributed by atoms with E-state index in [1.54, 1.807) is 42.6 Å². The number of morpholine rings is 1. The SMILES string of the molecule is O=C(Nc1ccnc(N2CCOCC2)c1)c1cccc2sc(-c3cccc(C(F)(F)F)c3)nc12. The number of hydrogen-bond donors (Lipinski definition) is 1. The molecule has 0 bridgehead atoms. The molecule has 2 aromatic heterocycles. The largest absolute Gasteiger partial charge is 0.416 e. The zero-order chi connectivity index (χ0) is 23.7. The van der Waals surface area contributed by atoms with Gasteiger partial charge in [0, 0.05) is 36.6 Å². The van der Waals surface area contributed by atoms with Crippen molar-refractivity contribution in [3.05, 3.63) is 71.9 Å². The second-order valence-corrected chi connectivity index (χ2v) is 8.74. The maximum absolute atomic E-state index is 13.1. The summed E-state index contributed by atoms with van der Waals surface area (Å²) in [4.78, 5) is 24.1. The molecule has 5 rings (SSSR count). The van der Waals surface area contributed by atoms with Gasteiger partial charge in [0.05, 0.1) is 34.6 Å². The molecular weight excluding hydrogens is 465 g/mol. The van der Waals surface area contributed by atoms with Crippen molar-refractivity contribution in [2.45, 2.75) is 6.18 Å². The maximum Gasteiger partial charge on any atom is 0.416 e. The Kier molecular flexibility index (Phi) is 5.93. The Balaban J connectivity index is 1.42. The molecule has 1 amide bonds. The lowest BCUT2D eigenvalue weighted by Crippen LogP contribution is -2.36. The van der Waals surface area contributed by atoms with Crippen LogP contribution in [0.15, 0.2) is 60.8 Å². The number of alkyl halides is 3. The molecule has 0 atom stereocenters. The minimum Gasteiger partial charge on any atom is -0.378 e. The fourth-order valence-electron chi connectivity index (χ4n) is 3.74. The van der Waals surface area contributed by atoms with Gasteiger partial charge in [-0.05, 0) is 30.3 Å². The molecule has 0 unspecified atom stereocenters. The second kappa shape index (κ2) is 9.03. The van der Waals surface area contributed by atoms with Gasteiger partial charge in [0.1, 0.15) is 10.8 Å². The molecule has 2 aromatic carbocycles. The molecule has 1 aliphatic heterocycles. The summed E-state index contributed by atoms with van der Waals surface area (Å²) in [6, 6.07) is 13.7. The summed E-state index contributed by atoms with van der Waals surface area (Å²) >= 11 is 1.24. The number of nitrogens with zero attached hydrogens (tertiary/aromatic N) is 3. The number of carbonyl (C=O) groups excluding carboxylic acids is 1. The fraction of sp³-hybridized carbons (Fsp3) is 0.208. The summed E-state index contributed by atoms with van der Waals surface area (Å²) in [6.07, 6.45) is -2.81. The summed E-state index contributed by atoms with van der Waals surface area (Å²) in [7, 11) is 0. The van der Waals surface area contributed by atoms with Crippen LogP contribution in [0.5, 0.6) is 0 Å². The van der Waals surface area contributed by atoms with Crippen molar-refractivity contribution in [3.8, 4) is 10.6 Å². The number of benzene rings is 2. The minimum absolute atomic E-state index is 0.344. The number of ether oxygens (including phenoxy) is 1. The Hall–Kier alpha value is -3.50. The van der Waals surface area contributed by atoms with Gasteiger partial charge in [-0.25, -0.2) is 9.97 Å². The normalized spacial score (nSPS) is 14.4. The predicted octanol–water partition coefficient (Wildman–Crippen LogP) is 5.47. The number of para-hydroxylation sites is 1. The van der Waals surface area contributed by atoms with Crippen molar-refractivity contribution < 1.29 is 22.7 Å². The average Bonchev–Trinajstić information content (AvgIpc) is 3.29. The van der Waals surface area contributed by atoms with E-state index in [2.05, 4.69) is 20.2 Å². The van der Waals surface area contributed by atoms with Crippen LogP contribution in [0, 0.1) is 0 Å². The zero-order valence-corrected chi connectivity index (χ0v) is 18.6. The van der Waals surface area contributed by atoms with E-state index in [1.165, 1.54) is 17.4 Å². The highest BCUT2D eigenvalue weighted by atomic mass is 32.1. The molecule has 0 radical (unpaired) electrons.